The van der Waals surface area contributed by atoms with Gasteiger partial charge >= 0.3 is 0 Å². The maximum absolute atomic E-state index is 9.04. The second kappa shape index (κ2) is 5.89. The zero-order chi connectivity index (χ0) is 13.7. The molecule has 0 aliphatic carbocycles. The summed E-state index contributed by atoms with van der Waals surface area (Å²) in [7, 11) is 1.56. The number of hydrogen-bond acceptors (Lipinski definition) is 4. The van der Waals surface area contributed by atoms with E-state index < -0.39 is 0 Å². The normalized spacial score (nSPS) is 9.74. The highest BCUT2D eigenvalue weighted by atomic mass is 16.5. The lowest BCUT2D eigenvalue weighted by atomic mass is 10.2. The first-order valence-corrected chi connectivity index (χ1v) is 5.72. The number of aliphatic hydroxyl groups is 1. The first-order valence-electron chi connectivity index (χ1n) is 5.72. The summed E-state index contributed by atoms with van der Waals surface area (Å²) in [6.45, 7) is -0.0110. The zero-order valence-electron chi connectivity index (χ0n) is 10.5. The summed E-state index contributed by atoms with van der Waals surface area (Å²) in [5.41, 5.74) is 1.24. The molecule has 0 bridgehead atoms. The predicted molar refractivity (Wildman–Crippen MR) is 70.1 cm³/mol. The van der Waals surface area contributed by atoms with Crippen molar-refractivity contribution in [2.75, 3.05) is 7.11 Å². The lowest BCUT2D eigenvalue weighted by molar-refractivity contribution is 0.281. The quantitative estimate of drug-likeness (QED) is 0.912. The number of ether oxygens (including phenoxy) is 2. The number of hydrogen-bond donors (Lipinski definition) is 1. The molecule has 0 amide bonds. The lowest BCUT2D eigenvalue weighted by Gasteiger charge is -2.09. The smallest absolute Gasteiger partial charge is 0.148 e. The summed E-state index contributed by atoms with van der Waals surface area (Å²) in [4.78, 5) is 0. The Morgan fingerprint density at radius 1 is 1.11 bits per heavy atom. The summed E-state index contributed by atoms with van der Waals surface area (Å²) >= 11 is 0. The molecular weight excluding hydrogens is 242 g/mol. The van der Waals surface area contributed by atoms with Gasteiger partial charge in [0.2, 0.25) is 0 Å². The largest absolute Gasteiger partial charge is 0.497 e. The third-order valence-corrected chi connectivity index (χ3v) is 2.64. The van der Waals surface area contributed by atoms with Gasteiger partial charge in [-0.1, -0.05) is 12.1 Å². The number of aliphatic hydroxyl groups excluding tert-OH is 1. The Bertz CT molecular complexity index is 600. The van der Waals surface area contributed by atoms with Crippen molar-refractivity contribution >= 4 is 0 Å². The summed E-state index contributed by atoms with van der Waals surface area (Å²) in [5.74, 6) is 1.67. The van der Waals surface area contributed by atoms with E-state index in [2.05, 4.69) is 6.07 Å². The van der Waals surface area contributed by atoms with E-state index in [-0.39, 0.29) is 6.61 Å². The van der Waals surface area contributed by atoms with Crippen LogP contribution >= 0.6 is 0 Å². The first-order chi connectivity index (χ1) is 9.26. The molecule has 0 radical (unpaired) electrons. The molecule has 0 saturated heterocycles. The van der Waals surface area contributed by atoms with Gasteiger partial charge in [0.1, 0.15) is 23.3 Å². The van der Waals surface area contributed by atoms with E-state index in [1.165, 1.54) is 0 Å². The molecule has 4 nitrogen and oxygen atoms in total. The average molecular weight is 255 g/mol. The molecule has 2 aromatic carbocycles. The van der Waals surface area contributed by atoms with Gasteiger partial charge in [-0.25, -0.2) is 0 Å². The molecule has 1 N–H and O–H groups in total. The molecule has 0 unspecified atom stereocenters. The van der Waals surface area contributed by atoms with Crippen LogP contribution in [0.5, 0.6) is 17.2 Å². The number of methoxy groups -OCH3 is 1. The van der Waals surface area contributed by atoms with Crippen molar-refractivity contribution < 1.29 is 14.6 Å². The third kappa shape index (κ3) is 3.03. The van der Waals surface area contributed by atoms with E-state index >= 15 is 0 Å². The molecule has 0 aliphatic heterocycles. The molecule has 2 rings (SSSR count). The van der Waals surface area contributed by atoms with Crippen LogP contribution in [0.15, 0.2) is 42.5 Å². The molecule has 0 aliphatic rings. The van der Waals surface area contributed by atoms with Gasteiger partial charge < -0.3 is 14.6 Å². The van der Waals surface area contributed by atoms with Crippen LogP contribution in [0.1, 0.15) is 11.1 Å². The first kappa shape index (κ1) is 12.9. The fourth-order valence-corrected chi connectivity index (χ4v) is 1.60. The summed E-state index contributed by atoms with van der Waals surface area (Å²) in [5, 5.41) is 18.0. The number of benzene rings is 2. The number of rotatable bonds is 4. The van der Waals surface area contributed by atoms with Gasteiger partial charge in [0.15, 0.2) is 0 Å². The second-order valence-corrected chi connectivity index (χ2v) is 3.88. The highest BCUT2D eigenvalue weighted by molar-refractivity contribution is 5.49. The zero-order valence-corrected chi connectivity index (χ0v) is 10.5. The molecule has 0 aromatic heterocycles. The van der Waals surface area contributed by atoms with Crippen LogP contribution in [0.3, 0.4) is 0 Å². The molecule has 0 fully saturated rings. The Morgan fingerprint density at radius 2 is 1.79 bits per heavy atom. The Morgan fingerprint density at radius 3 is 2.37 bits per heavy atom. The maximum Gasteiger partial charge on any atom is 0.148 e. The minimum atomic E-state index is -0.0110. The van der Waals surface area contributed by atoms with E-state index in [1.807, 2.05) is 0 Å². The van der Waals surface area contributed by atoms with Crippen LogP contribution in [0.2, 0.25) is 0 Å². The Labute approximate surface area is 111 Å². The Kier molecular flexibility index (Phi) is 4.01. The van der Waals surface area contributed by atoms with E-state index in [0.717, 1.165) is 5.56 Å². The van der Waals surface area contributed by atoms with Crippen LogP contribution in [-0.4, -0.2) is 12.2 Å². The van der Waals surface area contributed by atoms with E-state index in [9.17, 15) is 0 Å². The van der Waals surface area contributed by atoms with Gasteiger partial charge in [0.05, 0.1) is 19.3 Å². The Hall–Kier alpha value is -2.51. The monoisotopic (exact) mass is 255 g/mol. The summed E-state index contributed by atoms with van der Waals surface area (Å²) in [6, 6.07) is 14.1. The van der Waals surface area contributed by atoms with Crippen LogP contribution in [0, 0.1) is 11.3 Å². The molecule has 0 heterocycles. The highest BCUT2D eigenvalue weighted by Gasteiger charge is 2.06. The average Bonchev–Trinajstić information content (AvgIpc) is 2.48. The van der Waals surface area contributed by atoms with Crippen molar-refractivity contribution in [3.05, 3.63) is 53.6 Å². The fraction of sp³-hybridized carbons (Fsp3) is 0.133. The molecule has 0 atom stereocenters. The molecule has 2 aromatic rings. The lowest BCUT2D eigenvalue weighted by Crippen LogP contribution is -1.91. The summed E-state index contributed by atoms with van der Waals surface area (Å²) < 4.78 is 10.8. The van der Waals surface area contributed by atoms with Crippen LogP contribution < -0.4 is 9.47 Å². The van der Waals surface area contributed by atoms with Crippen molar-refractivity contribution in [3.8, 4) is 23.3 Å². The minimum absolute atomic E-state index is 0.0110. The van der Waals surface area contributed by atoms with Gasteiger partial charge in [-0.3, -0.25) is 0 Å². The second-order valence-electron chi connectivity index (χ2n) is 3.88. The van der Waals surface area contributed by atoms with E-state index in [4.69, 9.17) is 19.8 Å². The SMILES string of the molecule is COc1ccc(C#N)c(Oc2ccc(CO)cc2)c1. The third-order valence-electron chi connectivity index (χ3n) is 2.64. The van der Waals surface area contributed by atoms with Gasteiger partial charge in [-0.05, 0) is 29.8 Å². The van der Waals surface area contributed by atoms with Crippen molar-refractivity contribution in [1.29, 1.82) is 5.26 Å². The van der Waals surface area contributed by atoms with Crippen molar-refractivity contribution in [1.82, 2.24) is 0 Å². The van der Waals surface area contributed by atoms with E-state index in [0.29, 0.717) is 22.8 Å². The van der Waals surface area contributed by atoms with Gasteiger partial charge in [-0.2, -0.15) is 5.26 Å². The standard InChI is InChI=1S/C15H13NO3/c1-18-14-7-4-12(9-16)15(8-14)19-13-5-2-11(10-17)3-6-13/h2-8,17H,10H2,1H3. The predicted octanol–water partition coefficient (Wildman–Crippen LogP) is 2.85. The highest BCUT2D eigenvalue weighted by Crippen LogP contribution is 2.29. The van der Waals surface area contributed by atoms with Crippen LogP contribution in [0.4, 0.5) is 0 Å². The number of nitriles is 1. The maximum atomic E-state index is 9.04. The number of nitrogens with zero attached hydrogens (tertiary/aromatic N) is 1. The van der Waals surface area contributed by atoms with Gasteiger partial charge in [0, 0.05) is 6.07 Å². The molecule has 4 heteroatoms. The van der Waals surface area contributed by atoms with E-state index in [1.54, 1.807) is 49.6 Å². The van der Waals surface area contributed by atoms with Crippen molar-refractivity contribution in [3.63, 3.8) is 0 Å². The molecule has 19 heavy (non-hydrogen) atoms. The fourth-order valence-electron chi connectivity index (χ4n) is 1.60. The molecular formula is C15H13NO3. The van der Waals surface area contributed by atoms with Gasteiger partial charge in [-0.15, -0.1) is 0 Å². The Balaban J connectivity index is 2.28. The molecule has 96 valence electrons. The van der Waals surface area contributed by atoms with Crippen LogP contribution in [-0.2, 0) is 6.61 Å². The van der Waals surface area contributed by atoms with Crippen molar-refractivity contribution in [2.45, 2.75) is 6.61 Å². The topological polar surface area (TPSA) is 62.5 Å². The molecule has 0 spiro atoms. The molecule has 0 saturated carbocycles. The van der Waals surface area contributed by atoms with Crippen molar-refractivity contribution in [2.24, 2.45) is 0 Å². The van der Waals surface area contributed by atoms with Crippen LogP contribution in [0.25, 0.3) is 0 Å². The summed E-state index contributed by atoms with van der Waals surface area (Å²) in [6.07, 6.45) is 0. The minimum Gasteiger partial charge on any atom is -0.497 e. The van der Waals surface area contributed by atoms with Gasteiger partial charge in [0.25, 0.3) is 0 Å².